The van der Waals surface area contributed by atoms with E-state index in [-0.39, 0.29) is 11.7 Å². The van der Waals surface area contributed by atoms with Gasteiger partial charge in [-0.25, -0.2) is 4.39 Å². The molecule has 0 saturated carbocycles. The molecule has 0 aromatic heterocycles. The standard InChI is InChI=1S/C12H13FN2O/c1-12(2)8-15(14-11(12)16)7-9-5-3-4-6-10(9)13/h3-7H,8H2,1-2H3/p+1/b15-7-. The van der Waals surface area contributed by atoms with Crippen LogP contribution in [0.25, 0.3) is 0 Å². The van der Waals surface area contributed by atoms with Crippen LogP contribution < -0.4 is 5.43 Å². The minimum atomic E-state index is -0.429. The van der Waals surface area contributed by atoms with E-state index in [9.17, 15) is 9.18 Å². The summed E-state index contributed by atoms with van der Waals surface area (Å²) >= 11 is 0. The van der Waals surface area contributed by atoms with E-state index in [0.717, 1.165) is 0 Å². The molecule has 0 unspecified atom stereocenters. The predicted molar refractivity (Wildman–Crippen MR) is 58.6 cm³/mol. The Balaban J connectivity index is 2.28. The zero-order chi connectivity index (χ0) is 11.8. The third-order valence-corrected chi connectivity index (χ3v) is 2.63. The third kappa shape index (κ3) is 1.96. The van der Waals surface area contributed by atoms with E-state index in [1.165, 1.54) is 6.07 Å². The molecule has 16 heavy (non-hydrogen) atoms. The van der Waals surface area contributed by atoms with Crippen molar-refractivity contribution in [2.45, 2.75) is 13.8 Å². The zero-order valence-corrected chi connectivity index (χ0v) is 9.33. The molecule has 2 rings (SSSR count). The largest absolute Gasteiger partial charge is 0.286 e. The lowest BCUT2D eigenvalue weighted by Gasteiger charge is -2.03. The maximum absolute atomic E-state index is 13.4. The number of hydrogen-bond acceptors (Lipinski definition) is 1. The Morgan fingerprint density at radius 2 is 2.12 bits per heavy atom. The highest BCUT2D eigenvalue weighted by molar-refractivity contribution is 5.84. The predicted octanol–water partition coefficient (Wildman–Crippen LogP) is 1.33. The number of hydrazone groups is 1. The first-order chi connectivity index (χ1) is 7.49. The van der Waals surface area contributed by atoms with Crippen LogP contribution >= 0.6 is 0 Å². The fraction of sp³-hybridized carbons (Fsp3) is 0.333. The number of nitrogens with zero attached hydrogens (tertiary/aromatic N) is 1. The van der Waals surface area contributed by atoms with E-state index < -0.39 is 5.41 Å². The molecule has 1 aliphatic rings. The van der Waals surface area contributed by atoms with Gasteiger partial charge >= 0.3 is 0 Å². The smallest absolute Gasteiger partial charge is 0.268 e. The number of hydrogen-bond donors (Lipinski definition) is 1. The van der Waals surface area contributed by atoms with Crippen LogP contribution in [0.5, 0.6) is 0 Å². The quantitative estimate of drug-likeness (QED) is 0.713. The number of carbonyl (C=O) groups is 1. The van der Waals surface area contributed by atoms with Gasteiger partial charge in [0.25, 0.3) is 5.91 Å². The third-order valence-electron chi connectivity index (χ3n) is 2.63. The van der Waals surface area contributed by atoms with Gasteiger partial charge in [0, 0.05) is 0 Å². The van der Waals surface area contributed by atoms with Crippen molar-refractivity contribution in [2.75, 3.05) is 6.54 Å². The van der Waals surface area contributed by atoms with Gasteiger partial charge < -0.3 is 0 Å². The Morgan fingerprint density at radius 1 is 1.44 bits per heavy atom. The van der Waals surface area contributed by atoms with E-state index in [1.807, 2.05) is 13.8 Å². The van der Waals surface area contributed by atoms with Crippen molar-refractivity contribution in [1.29, 1.82) is 0 Å². The molecule has 0 atom stereocenters. The maximum Gasteiger partial charge on any atom is 0.286 e. The summed E-state index contributed by atoms with van der Waals surface area (Å²) in [6, 6.07) is 6.47. The average molecular weight is 221 g/mol. The molecule has 1 amide bonds. The van der Waals surface area contributed by atoms with Crippen molar-refractivity contribution in [3.8, 4) is 0 Å². The second kappa shape index (κ2) is 3.70. The number of benzene rings is 1. The molecular formula is C12H14FN2O+. The van der Waals surface area contributed by atoms with Crippen LogP contribution in [-0.4, -0.2) is 23.4 Å². The lowest BCUT2D eigenvalue weighted by Crippen LogP contribution is -2.27. The van der Waals surface area contributed by atoms with Crippen LogP contribution in [0.1, 0.15) is 19.4 Å². The second-order valence-corrected chi connectivity index (χ2v) is 4.60. The van der Waals surface area contributed by atoms with Gasteiger partial charge in [0.2, 0.25) is 6.21 Å². The first-order valence-electron chi connectivity index (χ1n) is 5.16. The fourth-order valence-corrected chi connectivity index (χ4v) is 1.64. The van der Waals surface area contributed by atoms with Crippen molar-refractivity contribution < 1.29 is 13.9 Å². The maximum atomic E-state index is 13.4. The molecule has 1 aromatic rings. The molecule has 0 radical (unpaired) electrons. The Labute approximate surface area is 93.6 Å². The summed E-state index contributed by atoms with van der Waals surface area (Å²) in [5.41, 5.74) is 2.74. The summed E-state index contributed by atoms with van der Waals surface area (Å²) in [7, 11) is 0. The number of carbonyl (C=O) groups excluding carboxylic acids is 1. The Hall–Kier alpha value is -1.71. The topological polar surface area (TPSA) is 32.1 Å². The number of amides is 1. The molecule has 0 spiro atoms. The molecular weight excluding hydrogens is 207 g/mol. The number of hydrazine groups is 1. The molecule has 0 aliphatic carbocycles. The Bertz CT molecular complexity index is 466. The second-order valence-electron chi connectivity index (χ2n) is 4.60. The molecule has 1 fully saturated rings. The van der Waals surface area contributed by atoms with Gasteiger partial charge in [-0.1, -0.05) is 12.1 Å². The van der Waals surface area contributed by atoms with E-state index in [0.29, 0.717) is 12.1 Å². The number of rotatable bonds is 1. The van der Waals surface area contributed by atoms with Crippen molar-refractivity contribution in [3.05, 3.63) is 35.6 Å². The molecule has 3 nitrogen and oxygen atoms in total. The molecule has 4 heteroatoms. The molecule has 1 aliphatic heterocycles. The van der Waals surface area contributed by atoms with E-state index in [1.54, 1.807) is 29.1 Å². The highest BCUT2D eigenvalue weighted by Gasteiger charge is 2.42. The van der Waals surface area contributed by atoms with Gasteiger partial charge in [-0.15, -0.1) is 10.1 Å². The van der Waals surface area contributed by atoms with E-state index in [2.05, 4.69) is 5.43 Å². The number of nitrogens with one attached hydrogen (secondary N) is 1. The molecule has 1 heterocycles. The van der Waals surface area contributed by atoms with Crippen LogP contribution in [-0.2, 0) is 4.79 Å². The molecule has 1 saturated heterocycles. The van der Waals surface area contributed by atoms with Gasteiger partial charge in [-0.3, -0.25) is 4.79 Å². The monoisotopic (exact) mass is 221 g/mol. The lowest BCUT2D eigenvalue weighted by molar-refractivity contribution is -0.559. The minimum absolute atomic E-state index is 0.0416. The average Bonchev–Trinajstić information content (AvgIpc) is 2.44. The van der Waals surface area contributed by atoms with E-state index in [4.69, 9.17) is 0 Å². The molecule has 0 bridgehead atoms. The van der Waals surface area contributed by atoms with Crippen molar-refractivity contribution >= 4 is 12.1 Å². The lowest BCUT2D eigenvalue weighted by atomic mass is 9.95. The normalized spacial score (nSPS) is 21.2. The van der Waals surface area contributed by atoms with E-state index >= 15 is 0 Å². The van der Waals surface area contributed by atoms with Crippen molar-refractivity contribution in [3.63, 3.8) is 0 Å². The zero-order valence-electron chi connectivity index (χ0n) is 9.33. The fourth-order valence-electron chi connectivity index (χ4n) is 1.64. The summed E-state index contributed by atoms with van der Waals surface area (Å²) in [4.78, 5) is 11.5. The summed E-state index contributed by atoms with van der Waals surface area (Å²) in [5.74, 6) is -0.332. The van der Waals surface area contributed by atoms with Crippen molar-refractivity contribution in [2.24, 2.45) is 5.41 Å². The summed E-state index contributed by atoms with van der Waals surface area (Å²) in [5, 5.41) is 0. The Morgan fingerprint density at radius 3 is 2.69 bits per heavy atom. The van der Waals surface area contributed by atoms with Gasteiger partial charge in [-0.05, 0) is 26.0 Å². The van der Waals surface area contributed by atoms with Gasteiger partial charge in [0.1, 0.15) is 11.2 Å². The van der Waals surface area contributed by atoms with Crippen LogP contribution in [0.15, 0.2) is 24.3 Å². The first-order valence-corrected chi connectivity index (χ1v) is 5.16. The van der Waals surface area contributed by atoms with Gasteiger partial charge in [0.15, 0.2) is 6.54 Å². The van der Waals surface area contributed by atoms with Crippen LogP contribution in [0.4, 0.5) is 4.39 Å². The Kier molecular flexibility index (Phi) is 2.50. The van der Waals surface area contributed by atoms with Gasteiger partial charge in [0.05, 0.1) is 5.56 Å². The first kappa shape index (κ1) is 10.8. The van der Waals surface area contributed by atoms with Crippen LogP contribution in [0, 0.1) is 11.2 Å². The highest BCUT2D eigenvalue weighted by Crippen LogP contribution is 2.19. The molecule has 1 N–H and O–H groups in total. The molecule has 84 valence electrons. The number of halogens is 1. The van der Waals surface area contributed by atoms with Crippen LogP contribution in [0.2, 0.25) is 0 Å². The SMILES string of the molecule is CC1(C)C/[N+](=C/c2ccccc2F)NC1=O. The summed E-state index contributed by atoms with van der Waals surface area (Å²) < 4.78 is 15.0. The minimum Gasteiger partial charge on any atom is -0.268 e. The van der Waals surface area contributed by atoms with Crippen LogP contribution in [0.3, 0.4) is 0 Å². The molecule has 1 aromatic carbocycles. The summed E-state index contributed by atoms with van der Waals surface area (Å²) in [6.45, 7) is 4.26. The van der Waals surface area contributed by atoms with Gasteiger partial charge in [-0.2, -0.15) is 0 Å². The van der Waals surface area contributed by atoms with Crippen molar-refractivity contribution in [1.82, 2.24) is 5.43 Å². The highest BCUT2D eigenvalue weighted by atomic mass is 19.1. The summed E-state index contributed by atoms with van der Waals surface area (Å²) in [6.07, 6.45) is 1.61.